The van der Waals surface area contributed by atoms with E-state index in [0.717, 1.165) is 23.7 Å². The molecule has 0 radical (unpaired) electrons. The van der Waals surface area contributed by atoms with E-state index in [2.05, 4.69) is 15.7 Å². The van der Waals surface area contributed by atoms with Crippen molar-refractivity contribution in [2.75, 3.05) is 0 Å². The zero-order valence-corrected chi connectivity index (χ0v) is 9.98. The van der Waals surface area contributed by atoms with Crippen LogP contribution < -0.4 is 5.48 Å². The molecule has 0 spiro atoms. The van der Waals surface area contributed by atoms with E-state index in [4.69, 9.17) is 4.84 Å². The van der Waals surface area contributed by atoms with Crippen LogP contribution in [0, 0.1) is 0 Å². The van der Waals surface area contributed by atoms with Gasteiger partial charge in [0.25, 0.3) is 5.91 Å². The third-order valence-electron chi connectivity index (χ3n) is 3.31. The van der Waals surface area contributed by atoms with Crippen LogP contribution in [-0.2, 0) is 4.84 Å². The first-order chi connectivity index (χ1) is 8.84. The van der Waals surface area contributed by atoms with Crippen molar-refractivity contribution in [3.05, 3.63) is 30.0 Å². The number of hydroxylamine groups is 1. The maximum Gasteiger partial charge on any atom is 0.295 e. The molecule has 1 aromatic carbocycles. The number of amides is 1. The molecule has 0 aliphatic heterocycles. The number of nitrogens with one attached hydrogen (secondary N) is 2. The second-order valence-corrected chi connectivity index (χ2v) is 4.57. The number of para-hydroxylation sites is 1. The highest BCUT2D eigenvalue weighted by atomic mass is 16.7. The topological polar surface area (TPSA) is 67.0 Å². The van der Waals surface area contributed by atoms with E-state index >= 15 is 0 Å². The maximum atomic E-state index is 12.0. The molecule has 94 valence electrons. The summed E-state index contributed by atoms with van der Waals surface area (Å²) in [6.07, 6.45) is 4.53. The molecular formula is C13H15N3O2. The molecular weight excluding hydrogens is 230 g/mol. The minimum Gasteiger partial charge on any atom is -0.277 e. The van der Waals surface area contributed by atoms with E-state index in [0.29, 0.717) is 5.69 Å². The lowest BCUT2D eigenvalue weighted by Crippen LogP contribution is -2.28. The van der Waals surface area contributed by atoms with Crippen molar-refractivity contribution in [1.29, 1.82) is 0 Å². The lowest BCUT2D eigenvalue weighted by atomic mass is 10.2. The molecule has 1 amide bonds. The predicted molar refractivity (Wildman–Crippen MR) is 66.9 cm³/mol. The molecule has 0 atom stereocenters. The summed E-state index contributed by atoms with van der Waals surface area (Å²) in [6, 6.07) is 7.53. The number of hydrogen-bond acceptors (Lipinski definition) is 3. The summed E-state index contributed by atoms with van der Waals surface area (Å²) in [7, 11) is 0. The number of aromatic amines is 1. The Morgan fingerprint density at radius 1 is 1.33 bits per heavy atom. The largest absolute Gasteiger partial charge is 0.295 e. The summed E-state index contributed by atoms with van der Waals surface area (Å²) in [5, 5.41) is 7.66. The van der Waals surface area contributed by atoms with E-state index < -0.39 is 0 Å². The number of nitrogens with zero attached hydrogens (tertiary/aromatic N) is 1. The maximum absolute atomic E-state index is 12.0. The Morgan fingerprint density at radius 2 is 2.11 bits per heavy atom. The zero-order chi connectivity index (χ0) is 12.4. The number of H-pyrrole nitrogens is 1. The van der Waals surface area contributed by atoms with Crippen LogP contribution in [0.3, 0.4) is 0 Å². The average Bonchev–Trinajstić information content (AvgIpc) is 3.05. The molecule has 1 aliphatic carbocycles. The quantitative estimate of drug-likeness (QED) is 0.814. The van der Waals surface area contributed by atoms with Crippen LogP contribution in [0.2, 0.25) is 0 Å². The van der Waals surface area contributed by atoms with Gasteiger partial charge in [0.15, 0.2) is 5.69 Å². The van der Waals surface area contributed by atoms with Crippen LogP contribution in [0.5, 0.6) is 0 Å². The lowest BCUT2D eigenvalue weighted by molar-refractivity contribution is -0.0126. The van der Waals surface area contributed by atoms with Gasteiger partial charge in [-0.05, 0) is 18.9 Å². The smallest absolute Gasteiger partial charge is 0.277 e. The minimum absolute atomic E-state index is 0.152. The summed E-state index contributed by atoms with van der Waals surface area (Å²) >= 11 is 0. The van der Waals surface area contributed by atoms with E-state index in [-0.39, 0.29) is 12.0 Å². The number of carbonyl (C=O) groups is 1. The summed E-state index contributed by atoms with van der Waals surface area (Å²) in [6.45, 7) is 0. The Morgan fingerprint density at radius 3 is 2.94 bits per heavy atom. The van der Waals surface area contributed by atoms with Crippen molar-refractivity contribution in [1.82, 2.24) is 15.7 Å². The predicted octanol–water partition coefficient (Wildman–Crippen LogP) is 2.17. The Kier molecular flexibility index (Phi) is 2.98. The zero-order valence-electron chi connectivity index (χ0n) is 9.98. The van der Waals surface area contributed by atoms with Crippen molar-refractivity contribution in [3.63, 3.8) is 0 Å². The number of aromatic nitrogens is 2. The van der Waals surface area contributed by atoms with Crippen molar-refractivity contribution in [2.45, 2.75) is 31.8 Å². The van der Waals surface area contributed by atoms with Crippen LogP contribution in [0.25, 0.3) is 10.9 Å². The number of hydrogen-bond donors (Lipinski definition) is 2. The van der Waals surface area contributed by atoms with Crippen LogP contribution in [0.1, 0.15) is 36.2 Å². The molecule has 3 rings (SSSR count). The molecule has 0 bridgehead atoms. The van der Waals surface area contributed by atoms with Gasteiger partial charge >= 0.3 is 0 Å². The van der Waals surface area contributed by atoms with Gasteiger partial charge in [-0.15, -0.1) is 0 Å². The van der Waals surface area contributed by atoms with Crippen molar-refractivity contribution in [3.8, 4) is 0 Å². The number of fused-ring (bicyclic) bond motifs is 1. The van der Waals surface area contributed by atoms with Crippen LogP contribution in [0.4, 0.5) is 0 Å². The summed E-state index contributed by atoms with van der Waals surface area (Å²) in [5.41, 5.74) is 3.73. The molecule has 0 saturated heterocycles. The molecule has 5 nitrogen and oxygen atoms in total. The first kappa shape index (κ1) is 11.2. The fraction of sp³-hybridized carbons (Fsp3) is 0.385. The monoisotopic (exact) mass is 245 g/mol. The van der Waals surface area contributed by atoms with Gasteiger partial charge in [0.1, 0.15) is 0 Å². The molecule has 18 heavy (non-hydrogen) atoms. The molecule has 1 aliphatic rings. The van der Waals surface area contributed by atoms with Crippen LogP contribution in [0.15, 0.2) is 24.3 Å². The van der Waals surface area contributed by atoms with Crippen LogP contribution in [-0.4, -0.2) is 22.2 Å². The number of benzene rings is 1. The first-order valence-electron chi connectivity index (χ1n) is 6.24. The Hall–Kier alpha value is -1.88. The SMILES string of the molecule is O=C(NOC1CCCC1)c1n[nH]c2ccccc12. The third-order valence-corrected chi connectivity index (χ3v) is 3.31. The second-order valence-electron chi connectivity index (χ2n) is 4.57. The lowest BCUT2D eigenvalue weighted by Gasteiger charge is -2.10. The Bertz CT molecular complexity index is 558. The molecule has 1 fully saturated rings. The van der Waals surface area contributed by atoms with Gasteiger partial charge in [-0.3, -0.25) is 14.7 Å². The van der Waals surface area contributed by atoms with Crippen molar-refractivity contribution < 1.29 is 9.63 Å². The van der Waals surface area contributed by atoms with Gasteiger partial charge < -0.3 is 0 Å². The molecule has 2 N–H and O–H groups in total. The van der Waals surface area contributed by atoms with Gasteiger partial charge in [0.05, 0.1) is 11.6 Å². The number of rotatable bonds is 3. The van der Waals surface area contributed by atoms with Gasteiger partial charge in [-0.1, -0.05) is 31.0 Å². The number of carbonyl (C=O) groups excluding carboxylic acids is 1. The molecule has 0 unspecified atom stereocenters. The van der Waals surface area contributed by atoms with Crippen LogP contribution >= 0.6 is 0 Å². The molecule has 1 saturated carbocycles. The fourth-order valence-corrected chi connectivity index (χ4v) is 2.33. The van der Waals surface area contributed by atoms with Gasteiger partial charge in [-0.25, -0.2) is 5.48 Å². The molecule has 5 heteroatoms. The van der Waals surface area contributed by atoms with E-state index in [9.17, 15) is 4.79 Å². The molecule has 2 aromatic rings. The third kappa shape index (κ3) is 2.09. The van der Waals surface area contributed by atoms with Gasteiger partial charge in [0, 0.05) is 5.39 Å². The van der Waals surface area contributed by atoms with E-state index in [1.807, 2.05) is 24.3 Å². The Labute approximate surface area is 104 Å². The average molecular weight is 245 g/mol. The summed E-state index contributed by atoms with van der Waals surface area (Å²) < 4.78 is 0. The molecule has 1 heterocycles. The van der Waals surface area contributed by atoms with Gasteiger partial charge in [0.2, 0.25) is 0 Å². The van der Waals surface area contributed by atoms with Crippen molar-refractivity contribution >= 4 is 16.8 Å². The summed E-state index contributed by atoms with van der Waals surface area (Å²) in [5.74, 6) is -0.292. The standard InChI is InChI=1S/C13H15N3O2/c17-13(16-18-9-5-1-2-6-9)12-10-7-3-4-8-11(10)14-15-12/h3-4,7-9H,1-2,5-6H2,(H,14,15)(H,16,17). The second kappa shape index (κ2) is 4.78. The fourth-order valence-electron chi connectivity index (χ4n) is 2.33. The summed E-state index contributed by atoms with van der Waals surface area (Å²) in [4.78, 5) is 17.3. The van der Waals surface area contributed by atoms with E-state index in [1.165, 1.54) is 12.8 Å². The highest BCUT2D eigenvalue weighted by molar-refractivity contribution is 6.04. The molecule has 1 aromatic heterocycles. The van der Waals surface area contributed by atoms with Gasteiger partial charge in [-0.2, -0.15) is 5.10 Å². The Balaban J connectivity index is 1.71. The highest BCUT2D eigenvalue weighted by Crippen LogP contribution is 2.20. The van der Waals surface area contributed by atoms with Crippen molar-refractivity contribution in [2.24, 2.45) is 0 Å². The minimum atomic E-state index is -0.292. The highest BCUT2D eigenvalue weighted by Gasteiger charge is 2.19. The van der Waals surface area contributed by atoms with E-state index in [1.54, 1.807) is 0 Å². The first-order valence-corrected chi connectivity index (χ1v) is 6.24. The normalized spacial score (nSPS) is 16.2.